The molecule has 0 heterocycles. The minimum Gasteiger partial charge on any atom is -0.385 e. The first kappa shape index (κ1) is 16.8. The number of nitrogens with one attached hydrogen (secondary N) is 1. The Morgan fingerprint density at radius 2 is 1.76 bits per heavy atom. The van der Waals surface area contributed by atoms with Crippen molar-refractivity contribution in [3.05, 3.63) is 27.7 Å². The van der Waals surface area contributed by atoms with Crippen LogP contribution in [0.25, 0.3) is 0 Å². The van der Waals surface area contributed by atoms with E-state index in [1.165, 1.54) is 0 Å². The normalized spacial score (nSPS) is 21.3. The number of hydrogen-bond donors (Lipinski definition) is 2. The van der Waals surface area contributed by atoms with Gasteiger partial charge in [0.05, 0.1) is 27.2 Å². The summed E-state index contributed by atoms with van der Waals surface area (Å²) in [6.45, 7) is 0. The van der Waals surface area contributed by atoms with Crippen LogP contribution < -0.4 is 11.2 Å². The average Bonchev–Trinajstić information content (AvgIpc) is 2.95. The number of nitrogens with zero attached hydrogens (tertiary/aromatic N) is 1. The second-order valence-electron chi connectivity index (χ2n) is 4.48. The molecule has 1 aliphatic carbocycles. The van der Waals surface area contributed by atoms with Gasteiger partial charge in [0.1, 0.15) is 10.2 Å². The van der Waals surface area contributed by atoms with Gasteiger partial charge in [-0.1, -0.05) is 23.2 Å². The van der Waals surface area contributed by atoms with E-state index in [1.807, 2.05) is 0 Å². The zero-order valence-electron chi connectivity index (χ0n) is 10.1. The number of amidine groups is 1. The lowest BCUT2D eigenvalue weighted by atomic mass is 10.2. The van der Waals surface area contributed by atoms with Crippen LogP contribution in [0.5, 0.6) is 0 Å². The predicted molar refractivity (Wildman–Crippen MR) is 79.3 cm³/mol. The summed E-state index contributed by atoms with van der Waals surface area (Å²) in [7, 11) is 0. The SMILES string of the molecule is N/C(=N\Nc1c(Cl)cc(C(F)(F)F)cc1Cl)C1CC1(Cl)Cl. The number of nitrogens with two attached hydrogens (primary N) is 1. The Bertz CT molecular complexity index is 578. The molecule has 0 amide bonds. The van der Waals surface area contributed by atoms with E-state index in [-0.39, 0.29) is 27.5 Å². The number of halogens is 7. The predicted octanol–water partition coefficient (Wildman–Crippen LogP) is 4.89. The maximum Gasteiger partial charge on any atom is 0.416 e. The molecule has 1 saturated carbocycles. The van der Waals surface area contributed by atoms with Crippen LogP contribution in [-0.2, 0) is 6.18 Å². The smallest absolute Gasteiger partial charge is 0.385 e. The summed E-state index contributed by atoms with van der Waals surface area (Å²) in [5.74, 6) is -0.202. The molecule has 0 bridgehead atoms. The third kappa shape index (κ3) is 3.80. The molecule has 1 fully saturated rings. The number of rotatable bonds is 3. The molecule has 1 atom stereocenters. The topological polar surface area (TPSA) is 50.4 Å². The molecule has 3 nitrogen and oxygen atoms in total. The number of hydrogen-bond acceptors (Lipinski definition) is 2. The highest BCUT2D eigenvalue weighted by Gasteiger charge is 2.54. The van der Waals surface area contributed by atoms with Crippen molar-refractivity contribution in [1.29, 1.82) is 0 Å². The van der Waals surface area contributed by atoms with Gasteiger partial charge in [-0.25, -0.2) is 0 Å². The molecular weight excluding hydrogens is 373 g/mol. The van der Waals surface area contributed by atoms with Crippen molar-refractivity contribution < 1.29 is 13.2 Å². The van der Waals surface area contributed by atoms with Gasteiger partial charge in [-0.15, -0.1) is 23.2 Å². The van der Waals surface area contributed by atoms with Gasteiger partial charge in [0.15, 0.2) is 0 Å². The van der Waals surface area contributed by atoms with Crippen LogP contribution in [0.1, 0.15) is 12.0 Å². The van der Waals surface area contributed by atoms with Crippen molar-refractivity contribution in [2.75, 3.05) is 5.43 Å². The lowest BCUT2D eigenvalue weighted by Crippen LogP contribution is -2.19. The minimum atomic E-state index is -4.54. The van der Waals surface area contributed by atoms with Crippen LogP contribution in [0.2, 0.25) is 10.0 Å². The number of alkyl halides is 5. The molecule has 116 valence electrons. The number of anilines is 1. The van der Waals surface area contributed by atoms with Gasteiger partial charge in [0.25, 0.3) is 0 Å². The molecule has 1 unspecified atom stereocenters. The summed E-state index contributed by atoms with van der Waals surface area (Å²) in [4.78, 5) is 0. The zero-order chi connectivity index (χ0) is 16.0. The van der Waals surface area contributed by atoms with Gasteiger partial charge >= 0.3 is 6.18 Å². The quantitative estimate of drug-likeness (QED) is 0.339. The van der Waals surface area contributed by atoms with E-state index in [4.69, 9.17) is 52.1 Å². The fourth-order valence-electron chi connectivity index (χ4n) is 1.58. The van der Waals surface area contributed by atoms with Crippen molar-refractivity contribution in [2.24, 2.45) is 16.8 Å². The molecule has 2 rings (SSSR count). The van der Waals surface area contributed by atoms with Crippen molar-refractivity contribution in [3.63, 3.8) is 0 Å². The Balaban J connectivity index is 2.20. The summed E-state index contributed by atoms with van der Waals surface area (Å²) >= 11 is 23.2. The standard InChI is InChI=1S/C11H8Cl4F3N3/c12-6-1-4(11(16,17)18)2-7(13)8(6)20-21-9(19)5-3-10(5,14)15/h1-2,5,20H,3H2,(H2,19,21). The Hall–Kier alpha value is -0.560. The van der Waals surface area contributed by atoms with Crippen LogP contribution in [0.4, 0.5) is 18.9 Å². The van der Waals surface area contributed by atoms with Crippen LogP contribution in [0, 0.1) is 5.92 Å². The molecule has 0 saturated heterocycles. The summed E-state index contributed by atoms with van der Waals surface area (Å²) in [6, 6.07) is 1.48. The Morgan fingerprint density at radius 1 is 1.29 bits per heavy atom. The van der Waals surface area contributed by atoms with Crippen LogP contribution in [-0.4, -0.2) is 10.2 Å². The Kier molecular flexibility index (Phi) is 4.46. The number of benzene rings is 1. The van der Waals surface area contributed by atoms with Gasteiger partial charge in [-0.3, -0.25) is 5.43 Å². The van der Waals surface area contributed by atoms with Crippen LogP contribution >= 0.6 is 46.4 Å². The van der Waals surface area contributed by atoms with E-state index < -0.39 is 16.1 Å². The molecule has 0 radical (unpaired) electrons. The summed E-state index contributed by atoms with van der Waals surface area (Å²) in [5, 5.41) is 3.33. The molecule has 10 heteroatoms. The number of hydrazone groups is 1. The van der Waals surface area contributed by atoms with Gasteiger partial charge in [0, 0.05) is 0 Å². The Labute approximate surface area is 138 Å². The average molecular weight is 381 g/mol. The molecule has 0 spiro atoms. The summed E-state index contributed by atoms with van der Waals surface area (Å²) in [5.41, 5.74) is 7.15. The summed E-state index contributed by atoms with van der Waals surface area (Å²) in [6.07, 6.45) is -4.10. The second-order valence-corrected chi connectivity index (χ2v) is 6.84. The van der Waals surface area contributed by atoms with E-state index in [2.05, 4.69) is 10.5 Å². The maximum absolute atomic E-state index is 12.6. The summed E-state index contributed by atoms with van der Waals surface area (Å²) < 4.78 is 36.8. The van der Waals surface area contributed by atoms with Gasteiger partial charge in [0.2, 0.25) is 0 Å². The molecule has 0 aromatic heterocycles. The third-order valence-electron chi connectivity index (χ3n) is 2.85. The fraction of sp³-hybridized carbons (Fsp3) is 0.364. The van der Waals surface area contributed by atoms with Crippen molar-refractivity contribution in [2.45, 2.75) is 16.9 Å². The second kappa shape index (κ2) is 5.57. The lowest BCUT2D eigenvalue weighted by Gasteiger charge is -2.12. The van der Waals surface area contributed by atoms with Gasteiger partial charge < -0.3 is 5.73 Å². The molecule has 3 N–H and O–H groups in total. The molecule has 1 aromatic carbocycles. The van der Waals surface area contributed by atoms with E-state index in [0.29, 0.717) is 6.42 Å². The van der Waals surface area contributed by atoms with Gasteiger partial charge in [-0.05, 0) is 18.6 Å². The van der Waals surface area contributed by atoms with Crippen LogP contribution in [0.3, 0.4) is 0 Å². The van der Waals surface area contributed by atoms with E-state index >= 15 is 0 Å². The van der Waals surface area contributed by atoms with E-state index in [0.717, 1.165) is 12.1 Å². The monoisotopic (exact) mass is 379 g/mol. The first-order valence-corrected chi connectivity index (χ1v) is 7.06. The fourth-order valence-corrected chi connectivity index (χ4v) is 2.68. The first-order chi connectivity index (χ1) is 9.52. The molecule has 1 aliphatic rings. The van der Waals surface area contributed by atoms with Gasteiger partial charge in [-0.2, -0.15) is 18.3 Å². The van der Waals surface area contributed by atoms with E-state index in [1.54, 1.807) is 0 Å². The maximum atomic E-state index is 12.6. The molecule has 0 aliphatic heterocycles. The molecule has 1 aromatic rings. The first-order valence-electron chi connectivity index (χ1n) is 5.55. The van der Waals surface area contributed by atoms with Crippen molar-refractivity contribution in [1.82, 2.24) is 0 Å². The molecular formula is C11H8Cl4F3N3. The van der Waals surface area contributed by atoms with Crippen LogP contribution in [0.15, 0.2) is 17.2 Å². The highest BCUT2D eigenvalue weighted by molar-refractivity contribution is 6.52. The van der Waals surface area contributed by atoms with E-state index in [9.17, 15) is 13.2 Å². The lowest BCUT2D eigenvalue weighted by molar-refractivity contribution is -0.137. The highest BCUT2D eigenvalue weighted by Crippen LogP contribution is 2.53. The van der Waals surface area contributed by atoms with Crippen molar-refractivity contribution in [3.8, 4) is 0 Å². The third-order valence-corrected chi connectivity index (χ3v) is 4.28. The largest absolute Gasteiger partial charge is 0.416 e. The van der Waals surface area contributed by atoms with Crippen molar-refractivity contribution >= 4 is 57.9 Å². The highest BCUT2D eigenvalue weighted by atomic mass is 35.5. The zero-order valence-corrected chi connectivity index (χ0v) is 13.1. The molecule has 21 heavy (non-hydrogen) atoms. The minimum absolute atomic E-state index is 0.0182. The Morgan fingerprint density at radius 3 is 2.14 bits per heavy atom.